The van der Waals surface area contributed by atoms with Crippen molar-refractivity contribution in [2.24, 2.45) is 0 Å². The van der Waals surface area contributed by atoms with Crippen LogP contribution in [0.4, 0.5) is 0 Å². The second-order valence-corrected chi connectivity index (χ2v) is 5.15. The summed E-state index contributed by atoms with van der Waals surface area (Å²) in [7, 11) is 0. The van der Waals surface area contributed by atoms with Crippen molar-refractivity contribution in [1.82, 2.24) is 10.2 Å². The van der Waals surface area contributed by atoms with E-state index in [9.17, 15) is 4.79 Å². The van der Waals surface area contributed by atoms with Gasteiger partial charge >= 0.3 is 0 Å². The van der Waals surface area contributed by atoms with Gasteiger partial charge < -0.3 is 10.2 Å². The molecule has 2 unspecified atom stereocenters. The van der Waals surface area contributed by atoms with E-state index in [4.69, 9.17) is 0 Å². The number of carbonyl (C=O) groups is 1. The Bertz CT molecular complexity index is 228. The largest absolute Gasteiger partial charge is 0.337 e. The Balaban J connectivity index is 2.39. The van der Waals surface area contributed by atoms with Crippen molar-refractivity contribution in [2.45, 2.75) is 71.5 Å². The second-order valence-electron chi connectivity index (χ2n) is 5.15. The number of nitrogens with zero attached hydrogens (tertiary/aromatic N) is 1. The highest BCUT2D eigenvalue weighted by molar-refractivity contribution is 5.77. The van der Waals surface area contributed by atoms with Gasteiger partial charge in [-0.25, -0.2) is 0 Å². The third kappa shape index (κ3) is 3.48. The molecule has 0 radical (unpaired) electrons. The minimum Gasteiger partial charge on any atom is -0.337 e. The van der Waals surface area contributed by atoms with E-state index in [1.165, 1.54) is 12.8 Å². The SMILES string of the molecule is CCC1CCC(C)N1C(=O)CCNC(C)C. The molecule has 1 N–H and O–H groups in total. The second kappa shape index (κ2) is 6.24. The standard InChI is InChI=1S/C13H26N2O/c1-5-12-7-6-11(4)15(12)13(16)8-9-14-10(2)3/h10-12,14H,5-9H2,1-4H3. The Morgan fingerprint density at radius 1 is 1.44 bits per heavy atom. The summed E-state index contributed by atoms with van der Waals surface area (Å²) in [5.74, 6) is 0.324. The van der Waals surface area contributed by atoms with E-state index < -0.39 is 0 Å². The normalized spacial score (nSPS) is 25.4. The maximum absolute atomic E-state index is 12.1. The minimum absolute atomic E-state index is 0.324. The van der Waals surface area contributed by atoms with Crippen LogP contribution in [0.25, 0.3) is 0 Å². The zero-order valence-electron chi connectivity index (χ0n) is 11.1. The van der Waals surface area contributed by atoms with Crippen LogP contribution in [0.3, 0.4) is 0 Å². The van der Waals surface area contributed by atoms with E-state index in [1.807, 2.05) is 0 Å². The number of amides is 1. The molecule has 0 aromatic carbocycles. The van der Waals surface area contributed by atoms with Gasteiger partial charge in [0.2, 0.25) is 5.91 Å². The first-order valence-corrected chi connectivity index (χ1v) is 6.60. The predicted molar refractivity (Wildman–Crippen MR) is 67.4 cm³/mol. The van der Waals surface area contributed by atoms with E-state index in [0.717, 1.165) is 13.0 Å². The van der Waals surface area contributed by atoms with Gasteiger partial charge in [-0.1, -0.05) is 20.8 Å². The average molecular weight is 226 g/mol. The van der Waals surface area contributed by atoms with Gasteiger partial charge in [0, 0.05) is 31.1 Å². The van der Waals surface area contributed by atoms with E-state index in [0.29, 0.717) is 30.5 Å². The third-order valence-electron chi connectivity index (χ3n) is 3.44. The molecule has 1 aliphatic rings. The van der Waals surface area contributed by atoms with Crippen molar-refractivity contribution in [3.8, 4) is 0 Å². The van der Waals surface area contributed by atoms with Crippen LogP contribution < -0.4 is 5.32 Å². The summed E-state index contributed by atoms with van der Waals surface area (Å²) in [5.41, 5.74) is 0. The smallest absolute Gasteiger partial charge is 0.224 e. The van der Waals surface area contributed by atoms with Gasteiger partial charge in [-0.2, -0.15) is 0 Å². The fourth-order valence-corrected chi connectivity index (χ4v) is 2.52. The summed E-state index contributed by atoms with van der Waals surface area (Å²) in [6, 6.07) is 1.39. The van der Waals surface area contributed by atoms with Crippen LogP contribution in [0.1, 0.15) is 53.4 Å². The number of rotatable bonds is 5. The first kappa shape index (κ1) is 13.5. The van der Waals surface area contributed by atoms with Crippen molar-refractivity contribution in [3.05, 3.63) is 0 Å². The number of nitrogens with one attached hydrogen (secondary N) is 1. The molecule has 0 spiro atoms. The summed E-state index contributed by atoms with van der Waals surface area (Å²) in [6.45, 7) is 9.37. The van der Waals surface area contributed by atoms with Crippen LogP contribution in [0.5, 0.6) is 0 Å². The average Bonchev–Trinajstić information content (AvgIpc) is 2.58. The minimum atomic E-state index is 0.324. The van der Waals surface area contributed by atoms with Crippen LogP contribution in [-0.4, -0.2) is 35.5 Å². The summed E-state index contributed by atoms with van der Waals surface area (Å²) >= 11 is 0. The van der Waals surface area contributed by atoms with E-state index in [1.54, 1.807) is 0 Å². The molecule has 16 heavy (non-hydrogen) atoms. The summed E-state index contributed by atoms with van der Waals surface area (Å²) in [5, 5.41) is 3.30. The van der Waals surface area contributed by atoms with Gasteiger partial charge in [-0.15, -0.1) is 0 Å². The third-order valence-corrected chi connectivity index (χ3v) is 3.44. The molecule has 1 saturated heterocycles. The summed E-state index contributed by atoms with van der Waals surface area (Å²) in [4.78, 5) is 14.2. The highest BCUT2D eigenvalue weighted by atomic mass is 16.2. The lowest BCUT2D eigenvalue weighted by Gasteiger charge is -2.28. The Hall–Kier alpha value is -0.570. The molecule has 0 bridgehead atoms. The maximum atomic E-state index is 12.1. The Kier molecular flexibility index (Phi) is 5.26. The molecular formula is C13H26N2O. The lowest BCUT2D eigenvalue weighted by molar-refractivity contribution is -0.133. The van der Waals surface area contributed by atoms with Crippen molar-refractivity contribution in [2.75, 3.05) is 6.54 Å². The fraction of sp³-hybridized carbons (Fsp3) is 0.923. The summed E-state index contributed by atoms with van der Waals surface area (Å²) in [6.07, 6.45) is 4.08. The van der Waals surface area contributed by atoms with Crippen LogP contribution >= 0.6 is 0 Å². The van der Waals surface area contributed by atoms with Crippen LogP contribution in [0.15, 0.2) is 0 Å². The number of hydrogen-bond donors (Lipinski definition) is 1. The molecule has 94 valence electrons. The van der Waals surface area contributed by atoms with Crippen LogP contribution in [0, 0.1) is 0 Å². The lowest BCUT2D eigenvalue weighted by Crippen LogP contribution is -2.41. The Morgan fingerprint density at radius 2 is 2.12 bits per heavy atom. The van der Waals surface area contributed by atoms with Gasteiger partial charge in [0.25, 0.3) is 0 Å². The summed E-state index contributed by atoms with van der Waals surface area (Å²) < 4.78 is 0. The number of hydrogen-bond acceptors (Lipinski definition) is 2. The van der Waals surface area contributed by atoms with E-state index in [-0.39, 0.29) is 0 Å². The van der Waals surface area contributed by atoms with Crippen molar-refractivity contribution in [3.63, 3.8) is 0 Å². The molecule has 3 heteroatoms. The van der Waals surface area contributed by atoms with Crippen LogP contribution in [-0.2, 0) is 4.79 Å². The monoisotopic (exact) mass is 226 g/mol. The first-order valence-electron chi connectivity index (χ1n) is 6.60. The van der Waals surface area contributed by atoms with Gasteiger partial charge in [0.15, 0.2) is 0 Å². The molecule has 1 heterocycles. The predicted octanol–water partition coefficient (Wildman–Crippen LogP) is 2.16. The fourth-order valence-electron chi connectivity index (χ4n) is 2.52. The van der Waals surface area contributed by atoms with Gasteiger partial charge in [0.05, 0.1) is 0 Å². The molecule has 1 fully saturated rings. The molecule has 0 aromatic rings. The molecule has 0 aromatic heterocycles. The molecule has 1 rings (SSSR count). The topological polar surface area (TPSA) is 32.3 Å². The lowest BCUT2D eigenvalue weighted by atomic mass is 10.1. The number of likely N-dealkylation sites (tertiary alicyclic amines) is 1. The molecule has 3 nitrogen and oxygen atoms in total. The van der Waals surface area contributed by atoms with Gasteiger partial charge in [-0.3, -0.25) is 4.79 Å². The maximum Gasteiger partial charge on any atom is 0.224 e. The highest BCUT2D eigenvalue weighted by Gasteiger charge is 2.32. The van der Waals surface area contributed by atoms with Crippen molar-refractivity contribution < 1.29 is 4.79 Å². The van der Waals surface area contributed by atoms with Crippen LogP contribution in [0.2, 0.25) is 0 Å². The molecule has 2 atom stereocenters. The molecule has 0 aliphatic carbocycles. The zero-order chi connectivity index (χ0) is 12.1. The molecule has 0 saturated carbocycles. The molecule has 1 aliphatic heterocycles. The van der Waals surface area contributed by atoms with Gasteiger partial charge in [0.1, 0.15) is 0 Å². The number of carbonyl (C=O) groups excluding carboxylic acids is 1. The Labute approximate surface area is 99.6 Å². The highest BCUT2D eigenvalue weighted by Crippen LogP contribution is 2.26. The molecule has 1 amide bonds. The van der Waals surface area contributed by atoms with E-state index >= 15 is 0 Å². The molecular weight excluding hydrogens is 200 g/mol. The Morgan fingerprint density at radius 3 is 2.69 bits per heavy atom. The van der Waals surface area contributed by atoms with Crippen molar-refractivity contribution in [1.29, 1.82) is 0 Å². The quantitative estimate of drug-likeness (QED) is 0.779. The zero-order valence-corrected chi connectivity index (χ0v) is 11.1. The van der Waals surface area contributed by atoms with Gasteiger partial charge in [-0.05, 0) is 26.2 Å². The van der Waals surface area contributed by atoms with Crippen molar-refractivity contribution >= 4 is 5.91 Å². The van der Waals surface area contributed by atoms with E-state index in [2.05, 4.69) is 37.9 Å². The first-order chi connectivity index (χ1) is 7.56.